The first-order valence-corrected chi connectivity index (χ1v) is 10.4. The van der Waals surface area contributed by atoms with Gasteiger partial charge in [-0.25, -0.2) is 4.39 Å². The van der Waals surface area contributed by atoms with Crippen LogP contribution in [0, 0.1) is 5.82 Å². The van der Waals surface area contributed by atoms with Gasteiger partial charge in [0, 0.05) is 29.6 Å². The molecule has 4 rings (SSSR count). The number of amides is 1. The lowest BCUT2D eigenvalue weighted by molar-refractivity contribution is -0.137. The Morgan fingerprint density at radius 3 is 2.71 bits per heavy atom. The van der Waals surface area contributed by atoms with Crippen LogP contribution in [0.1, 0.15) is 24.6 Å². The number of fused-ring (bicyclic) bond motifs is 3. The number of carbonyl (C=O) groups excluding carboxylic acids is 1. The molecule has 0 spiro atoms. The zero-order valence-corrected chi connectivity index (χ0v) is 17.4. The number of aromatic nitrogens is 1. The number of carboxylic acids is 1. The molecule has 1 aliphatic carbocycles. The third-order valence-corrected chi connectivity index (χ3v) is 5.89. The van der Waals surface area contributed by atoms with Crippen molar-refractivity contribution in [2.45, 2.75) is 38.8 Å². The molecular weight excluding hydrogens is 399 g/mol. The zero-order chi connectivity index (χ0) is 22.0. The molecule has 0 bridgehead atoms. The number of carboxylic acid groups (broad SMARTS) is 1. The van der Waals surface area contributed by atoms with Crippen LogP contribution in [0.4, 0.5) is 4.39 Å². The van der Waals surface area contributed by atoms with E-state index in [0.29, 0.717) is 26.0 Å². The third-order valence-electron chi connectivity index (χ3n) is 5.89. The second-order valence-corrected chi connectivity index (χ2v) is 7.84. The molecule has 1 atom stereocenters. The van der Waals surface area contributed by atoms with Crippen LogP contribution in [-0.4, -0.2) is 45.6 Å². The molecule has 0 saturated heterocycles. The number of benzene rings is 2. The maximum Gasteiger partial charge on any atom is 0.323 e. The van der Waals surface area contributed by atoms with E-state index in [1.165, 1.54) is 12.1 Å². The van der Waals surface area contributed by atoms with E-state index in [0.717, 1.165) is 34.3 Å². The SMILES string of the molecule is CC(=O)N(CCOc1ccccc1)C1CCc2c(c3cc(F)ccc3n2CC(=O)O)C1. The Bertz CT molecular complexity index is 1110. The van der Waals surface area contributed by atoms with Crippen molar-refractivity contribution in [1.82, 2.24) is 9.47 Å². The van der Waals surface area contributed by atoms with Crippen LogP contribution in [0.5, 0.6) is 5.75 Å². The molecule has 1 unspecified atom stereocenters. The number of carbonyl (C=O) groups is 2. The van der Waals surface area contributed by atoms with Crippen LogP contribution in [0.3, 0.4) is 0 Å². The molecule has 1 heterocycles. The van der Waals surface area contributed by atoms with E-state index in [2.05, 4.69) is 0 Å². The lowest BCUT2D eigenvalue weighted by atomic mass is 9.90. The van der Waals surface area contributed by atoms with Gasteiger partial charge in [0.05, 0.1) is 6.54 Å². The van der Waals surface area contributed by atoms with E-state index < -0.39 is 5.97 Å². The number of ether oxygens (including phenoxy) is 1. The van der Waals surface area contributed by atoms with Gasteiger partial charge in [-0.05, 0) is 55.2 Å². The van der Waals surface area contributed by atoms with E-state index >= 15 is 0 Å². The first-order valence-electron chi connectivity index (χ1n) is 10.4. The Kier molecular flexibility index (Phi) is 5.93. The summed E-state index contributed by atoms with van der Waals surface area (Å²) in [5.74, 6) is -0.575. The summed E-state index contributed by atoms with van der Waals surface area (Å²) < 4.78 is 21.5. The van der Waals surface area contributed by atoms with Gasteiger partial charge >= 0.3 is 5.97 Å². The fourth-order valence-electron chi connectivity index (χ4n) is 4.56. The van der Waals surface area contributed by atoms with Crippen LogP contribution in [0.2, 0.25) is 0 Å². The number of rotatable bonds is 7. The topological polar surface area (TPSA) is 71.8 Å². The average Bonchev–Trinajstić information content (AvgIpc) is 3.03. The molecule has 3 aromatic rings. The lowest BCUT2D eigenvalue weighted by Crippen LogP contribution is -2.44. The number of halogens is 1. The molecule has 0 radical (unpaired) electrons. The highest BCUT2D eigenvalue weighted by Crippen LogP contribution is 2.34. The minimum atomic E-state index is -0.936. The number of para-hydroxylation sites is 1. The molecule has 6 nitrogen and oxygen atoms in total. The first-order chi connectivity index (χ1) is 14.9. The smallest absolute Gasteiger partial charge is 0.323 e. The predicted molar refractivity (Wildman–Crippen MR) is 115 cm³/mol. The maximum absolute atomic E-state index is 14.0. The Balaban J connectivity index is 1.57. The van der Waals surface area contributed by atoms with Crippen molar-refractivity contribution in [1.29, 1.82) is 0 Å². The van der Waals surface area contributed by atoms with Crippen LogP contribution in [0.15, 0.2) is 48.5 Å². The van der Waals surface area contributed by atoms with Gasteiger partial charge in [-0.2, -0.15) is 0 Å². The van der Waals surface area contributed by atoms with Crippen LogP contribution in [0.25, 0.3) is 10.9 Å². The average molecular weight is 424 g/mol. The quantitative estimate of drug-likeness (QED) is 0.629. The first kappa shape index (κ1) is 20.9. The van der Waals surface area contributed by atoms with Gasteiger partial charge in [-0.15, -0.1) is 0 Å². The van der Waals surface area contributed by atoms with Crippen LogP contribution < -0.4 is 4.74 Å². The van der Waals surface area contributed by atoms with Gasteiger partial charge in [0.15, 0.2) is 0 Å². The summed E-state index contributed by atoms with van der Waals surface area (Å²) in [5, 5.41) is 10.1. The summed E-state index contributed by atoms with van der Waals surface area (Å²) in [5.41, 5.74) is 2.57. The minimum absolute atomic E-state index is 0.0365. The van der Waals surface area contributed by atoms with Gasteiger partial charge in [0.25, 0.3) is 0 Å². The fraction of sp³-hybridized carbons (Fsp3) is 0.333. The highest BCUT2D eigenvalue weighted by Gasteiger charge is 2.30. The Hall–Kier alpha value is -3.35. The molecule has 31 heavy (non-hydrogen) atoms. The molecule has 1 aliphatic rings. The Labute approximate surface area is 179 Å². The molecular formula is C24H25FN2O4. The lowest BCUT2D eigenvalue weighted by Gasteiger charge is -2.34. The maximum atomic E-state index is 14.0. The third kappa shape index (κ3) is 4.40. The highest BCUT2D eigenvalue weighted by atomic mass is 19.1. The summed E-state index contributed by atoms with van der Waals surface area (Å²) in [6, 6.07) is 13.9. The number of hydrogen-bond acceptors (Lipinski definition) is 3. The van der Waals surface area contributed by atoms with Crippen molar-refractivity contribution >= 4 is 22.8 Å². The Morgan fingerprint density at radius 1 is 1.23 bits per heavy atom. The van der Waals surface area contributed by atoms with Crippen molar-refractivity contribution in [2.75, 3.05) is 13.2 Å². The van der Waals surface area contributed by atoms with Crippen molar-refractivity contribution < 1.29 is 23.8 Å². The van der Waals surface area contributed by atoms with Gasteiger partial charge in [0.1, 0.15) is 24.7 Å². The van der Waals surface area contributed by atoms with Crippen molar-refractivity contribution in [3.63, 3.8) is 0 Å². The summed E-state index contributed by atoms with van der Waals surface area (Å²) in [6.07, 6.45) is 1.91. The van der Waals surface area contributed by atoms with Gasteiger partial charge in [-0.3, -0.25) is 9.59 Å². The molecule has 1 N–H and O–H groups in total. The monoisotopic (exact) mass is 424 g/mol. The van der Waals surface area contributed by atoms with E-state index in [1.807, 2.05) is 35.2 Å². The standard InChI is InChI=1S/C24H25FN2O4/c1-16(28)26(11-12-31-19-5-3-2-4-6-19)18-8-10-23-21(14-18)20-13-17(25)7-9-22(20)27(23)15-24(29)30/h2-7,9,13,18H,8,10-12,14-15H2,1H3,(H,29,30). The summed E-state index contributed by atoms with van der Waals surface area (Å²) >= 11 is 0. The molecule has 0 saturated carbocycles. The van der Waals surface area contributed by atoms with Gasteiger partial charge < -0.3 is 19.3 Å². The molecule has 7 heteroatoms. The molecule has 162 valence electrons. The summed E-state index contributed by atoms with van der Waals surface area (Å²) in [7, 11) is 0. The Morgan fingerprint density at radius 2 is 2.00 bits per heavy atom. The second-order valence-electron chi connectivity index (χ2n) is 7.84. The van der Waals surface area contributed by atoms with E-state index in [1.54, 1.807) is 17.6 Å². The molecule has 2 aromatic carbocycles. The largest absolute Gasteiger partial charge is 0.492 e. The molecule has 1 aromatic heterocycles. The van der Waals surface area contributed by atoms with Crippen molar-refractivity contribution in [3.8, 4) is 5.75 Å². The van der Waals surface area contributed by atoms with Crippen LogP contribution >= 0.6 is 0 Å². The normalized spacial score (nSPS) is 15.5. The number of hydrogen-bond donors (Lipinski definition) is 1. The predicted octanol–water partition coefficient (Wildman–Crippen LogP) is 3.65. The minimum Gasteiger partial charge on any atom is -0.492 e. The highest BCUT2D eigenvalue weighted by molar-refractivity contribution is 5.87. The summed E-state index contributed by atoms with van der Waals surface area (Å²) in [4.78, 5) is 25.6. The van der Waals surface area contributed by atoms with E-state index in [-0.39, 0.29) is 24.3 Å². The fourth-order valence-corrected chi connectivity index (χ4v) is 4.56. The van der Waals surface area contributed by atoms with Crippen molar-refractivity contribution in [2.24, 2.45) is 0 Å². The second kappa shape index (κ2) is 8.79. The van der Waals surface area contributed by atoms with E-state index in [4.69, 9.17) is 4.74 Å². The zero-order valence-electron chi connectivity index (χ0n) is 17.4. The molecule has 0 fully saturated rings. The van der Waals surface area contributed by atoms with E-state index in [9.17, 15) is 19.1 Å². The van der Waals surface area contributed by atoms with Gasteiger partial charge in [-0.1, -0.05) is 18.2 Å². The number of aliphatic carboxylic acids is 1. The summed E-state index contributed by atoms with van der Waals surface area (Å²) in [6.45, 7) is 2.21. The molecule has 0 aliphatic heterocycles. The van der Waals surface area contributed by atoms with Gasteiger partial charge in [0.2, 0.25) is 5.91 Å². The van der Waals surface area contributed by atoms with Crippen LogP contribution in [-0.2, 0) is 29.0 Å². The molecule has 1 amide bonds. The van der Waals surface area contributed by atoms with Crippen molar-refractivity contribution in [3.05, 3.63) is 65.6 Å². The number of nitrogens with zero attached hydrogens (tertiary/aromatic N) is 2.